The molecule has 1 aliphatic carbocycles. The highest BCUT2D eigenvalue weighted by atomic mass is 16.2. The van der Waals surface area contributed by atoms with Crippen molar-refractivity contribution in [1.29, 1.82) is 0 Å². The molecule has 1 saturated carbocycles. The van der Waals surface area contributed by atoms with Crippen LogP contribution in [0.25, 0.3) is 0 Å². The van der Waals surface area contributed by atoms with Crippen molar-refractivity contribution in [2.75, 3.05) is 16.8 Å². The molecule has 2 amide bonds. The molecule has 2 aliphatic rings. The number of carbonyl (C=O) groups excluding carboxylic acids is 2. The summed E-state index contributed by atoms with van der Waals surface area (Å²) in [6, 6.07) is 15.5. The monoisotopic (exact) mass is 376 g/mol. The Labute approximate surface area is 166 Å². The summed E-state index contributed by atoms with van der Waals surface area (Å²) in [5, 5.41) is 3.02. The average Bonchev–Trinajstić information content (AvgIpc) is 2.97. The summed E-state index contributed by atoms with van der Waals surface area (Å²) >= 11 is 0. The molecule has 0 unspecified atom stereocenters. The van der Waals surface area contributed by atoms with Crippen LogP contribution in [-0.4, -0.2) is 18.4 Å². The van der Waals surface area contributed by atoms with Gasteiger partial charge in [-0.3, -0.25) is 9.59 Å². The molecule has 1 aliphatic heterocycles. The SMILES string of the molecule is O=C(Nc1ccc(C(=O)N2CCCCc3ccccc32)cc1)C1CCCCC1. The van der Waals surface area contributed by atoms with Gasteiger partial charge >= 0.3 is 0 Å². The number of benzene rings is 2. The second kappa shape index (κ2) is 8.59. The third-order valence-electron chi connectivity index (χ3n) is 5.98. The van der Waals surface area contributed by atoms with Crippen molar-refractivity contribution in [2.24, 2.45) is 5.92 Å². The predicted molar refractivity (Wildman–Crippen MR) is 113 cm³/mol. The van der Waals surface area contributed by atoms with E-state index in [1.54, 1.807) is 0 Å². The Kier molecular flexibility index (Phi) is 5.75. The van der Waals surface area contributed by atoms with Gasteiger partial charge in [0, 0.05) is 29.4 Å². The van der Waals surface area contributed by atoms with E-state index in [0.29, 0.717) is 5.56 Å². The van der Waals surface area contributed by atoms with Gasteiger partial charge in [-0.1, -0.05) is 37.5 Å². The first-order valence-electron chi connectivity index (χ1n) is 10.5. The summed E-state index contributed by atoms with van der Waals surface area (Å²) in [5.74, 6) is 0.267. The van der Waals surface area contributed by atoms with Crippen LogP contribution in [0.15, 0.2) is 48.5 Å². The minimum Gasteiger partial charge on any atom is -0.326 e. The predicted octanol–water partition coefficient (Wildman–Crippen LogP) is 5.19. The largest absolute Gasteiger partial charge is 0.326 e. The quantitative estimate of drug-likeness (QED) is 0.801. The standard InChI is InChI=1S/C24H28N2O2/c27-23(19-10-2-1-3-11-19)25-21-15-13-20(14-16-21)24(28)26-17-7-6-9-18-8-4-5-12-22(18)26/h4-5,8,12-16,19H,1-3,6-7,9-11,17H2,(H,25,27). The lowest BCUT2D eigenvalue weighted by Crippen LogP contribution is -2.31. The van der Waals surface area contributed by atoms with Gasteiger partial charge in [0.05, 0.1) is 0 Å². The van der Waals surface area contributed by atoms with E-state index < -0.39 is 0 Å². The molecule has 0 spiro atoms. The highest BCUT2D eigenvalue weighted by Crippen LogP contribution is 2.28. The first-order valence-corrected chi connectivity index (χ1v) is 10.5. The lowest BCUT2D eigenvalue weighted by Gasteiger charge is -2.23. The lowest BCUT2D eigenvalue weighted by molar-refractivity contribution is -0.120. The van der Waals surface area contributed by atoms with Crippen LogP contribution in [0.5, 0.6) is 0 Å². The van der Waals surface area contributed by atoms with Crippen LogP contribution < -0.4 is 10.2 Å². The minimum absolute atomic E-state index is 0.0273. The Hall–Kier alpha value is -2.62. The molecule has 4 nitrogen and oxygen atoms in total. The number of para-hydroxylation sites is 1. The van der Waals surface area contributed by atoms with Crippen LogP contribution in [0.4, 0.5) is 11.4 Å². The van der Waals surface area contributed by atoms with Gasteiger partial charge < -0.3 is 10.2 Å². The van der Waals surface area contributed by atoms with Crippen molar-refractivity contribution in [1.82, 2.24) is 0 Å². The summed E-state index contributed by atoms with van der Waals surface area (Å²) in [6.45, 7) is 0.746. The summed E-state index contributed by atoms with van der Waals surface area (Å²) in [7, 11) is 0. The molecule has 0 aromatic heterocycles. The van der Waals surface area contributed by atoms with E-state index in [1.807, 2.05) is 47.4 Å². The van der Waals surface area contributed by atoms with Crippen molar-refractivity contribution in [3.8, 4) is 0 Å². The van der Waals surface area contributed by atoms with Gasteiger partial charge in [0.2, 0.25) is 5.91 Å². The fourth-order valence-electron chi connectivity index (χ4n) is 4.36. The van der Waals surface area contributed by atoms with E-state index in [4.69, 9.17) is 0 Å². The van der Waals surface area contributed by atoms with Crippen LogP contribution in [0.2, 0.25) is 0 Å². The molecular formula is C24H28N2O2. The molecule has 1 heterocycles. The highest BCUT2D eigenvalue weighted by molar-refractivity contribution is 6.07. The number of fused-ring (bicyclic) bond motifs is 1. The highest BCUT2D eigenvalue weighted by Gasteiger charge is 2.23. The normalized spacial score (nSPS) is 17.5. The molecular weight excluding hydrogens is 348 g/mol. The summed E-state index contributed by atoms with van der Waals surface area (Å²) in [6.07, 6.45) is 8.62. The molecule has 2 aromatic carbocycles. The van der Waals surface area contributed by atoms with Gasteiger partial charge in [-0.25, -0.2) is 0 Å². The molecule has 146 valence electrons. The molecule has 0 saturated heterocycles. The Balaban J connectivity index is 1.46. The maximum Gasteiger partial charge on any atom is 0.258 e. The van der Waals surface area contributed by atoms with E-state index in [1.165, 1.54) is 12.0 Å². The third kappa shape index (κ3) is 4.11. The smallest absolute Gasteiger partial charge is 0.258 e. The van der Waals surface area contributed by atoms with Crippen molar-refractivity contribution in [3.05, 3.63) is 59.7 Å². The van der Waals surface area contributed by atoms with Crippen LogP contribution >= 0.6 is 0 Å². The maximum absolute atomic E-state index is 13.1. The van der Waals surface area contributed by atoms with Gasteiger partial charge in [-0.05, 0) is 68.0 Å². The van der Waals surface area contributed by atoms with Crippen molar-refractivity contribution in [3.63, 3.8) is 0 Å². The Bertz CT molecular complexity index is 838. The zero-order valence-corrected chi connectivity index (χ0v) is 16.3. The molecule has 0 bridgehead atoms. The molecule has 4 heteroatoms. The number of amides is 2. The molecule has 0 radical (unpaired) electrons. The summed E-state index contributed by atoms with van der Waals surface area (Å²) in [4.78, 5) is 27.5. The number of hydrogen-bond acceptors (Lipinski definition) is 2. The minimum atomic E-state index is 0.0273. The Morgan fingerprint density at radius 2 is 1.61 bits per heavy atom. The number of anilines is 2. The summed E-state index contributed by atoms with van der Waals surface area (Å²) in [5.41, 5.74) is 3.69. The summed E-state index contributed by atoms with van der Waals surface area (Å²) < 4.78 is 0. The van der Waals surface area contributed by atoms with Crippen molar-refractivity contribution < 1.29 is 9.59 Å². The fraction of sp³-hybridized carbons (Fsp3) is 0.417. The number of hydrogen-bond donors (Lipinski definition) is 1. The van der Waals surface area contributed by atoms with Crippen LogP contribution in [0.3, 0.4) is 0 Å². The van der Waals surface area contributed by atoms with Crippen LogP contribution in [0.1, 0.15) is 60.9 Å². The van der Waals surface area contributed by atoms with E-state index in [0.717, 1.165) is 62.9 Å². The van der Waals surface area contributed by atoms with E-state index in [-0.39, 0.29) is 17.7 Å². The second-order valence-electron chi connectivity index (χ2n) is 7.94. The van der Waals surface area contributed by atoms with Gasteiger partial charge in [-0.2, -0.15) is 0 Å². The maximum atomic E-state index is 13.1. The topological polar surface area (TPSA) is 49.4 Å². The average molecular weight is 377 g/mol. The molecule has 4 rings (SSSR count). The lowest BCUT2D eigenvalue weighted by atomic mass is 9.88. The Morgan fingerprint density at radius 3 is 2.39 bits per heavy atom. The zero-order valence-electron chi connectivity index (χ0n) is 16.3. The second-order valence-corrected chi connectivity index (χ2v) is 7.94. The molecule has 1 N–H and O–H groups in total. The number of rotatable bonds is 3. The molecule has 2 aromatic rings. The first kappa shape index (κ1) is 18.7. The van der Waals surface area contributed by atoms with Gasteiger partial charge in [0.25, 0.3) is 5.91 Å². The zero-order chi connectivity index (χ0) is 19.3. The van der Waals surface area contributed by atoms with Crippen LogP contribution in [-0.2, 0) is 11.2 Å². The molecule has 1 fully saturated rings. The van der Waals surface area contributed by atoms with Crippen molar-refractivity contribution in [2.45, 2.75) is 51.4 Å². The van der Waals surface area contributed by atoms with E-state index in [9.17, 15) is 9.59 Å². The molecule has 28 heavy (non-hydrogen) atoms. The number of nitrogens with zero attached hydrogens (tertiary/aromatic N) is 1. The fourth-order valence-corrected chi connectivity index (χ4v) is 4.36. The van der Waals surface area contributed by atoms with Gasteiger partial charge in [0.15, 0.2) is 0 Å². The van der Waals surface area contributed by atoms with E-state index >= 15 is 0 Å². The third-order valence-corrected chi connectivity index (χ3v) is 5.98. The molecule has 0 atom stereocenters. The number of carbonyl (C=O) groups is 2. The van der Waals surface area contributed by atoms with Crippen molar-refractivity contribution >= 4 is 23.2 Å². The number of nitrogens with one attached hydrogen (secondary N) is 1. The van der Waals surface area contributed by atoms with E-state index in [2.05, 4.69) is 11.4 Å². The number of aryl methyl sites for hydroxylation is 1. The van der Waals surface area contributed by atoms with Crippen LogP contribution in [0, 0.1) is 5.92 Å². The van der Waals surface area contributed by atoms with Gasteiger partial charge in [0.1, 0.15) is 0 Å². The first-order chi connectivity index (χ1) is 13.7. The Morgan fingerprint density at radius 1 is 0.857 bits per heavy atom. The van der Waals surface area contributed by atoms with Gasteiger partial charge in [-0.15, -0.1) is 0 Å².